The van der Waals surface area contributed by atoms with Crippen LogP contribution in [0.1, 0.15) is 43.7 Å². The minimum Gasteiger partial charge on any atom is -0.491 e. The van der Waals surface area contributed by atoms with Crippen LogP contribution in [-0.4, -0.2) is 71.1 Å². The molecular formula is C37H42N2O7S. The van der Waals surface area contributed by atoms with Crippen molar-refractivity contribution in [3.63, 3.8) is 0 Å². The Morgan fingerprint density at radius 2 is 1.79 bits per heavy atom. The van der Waals surface area contributed by atoms with Gasteiger partial charge in [-0.05, 0) is 98.5 Å². The molecule has 1 amide bonds. The highest BCUT2D eigenvalue weighted by Gasteiger charge is 2.26. The first kappa shape index (κ1) is 33.0. The molecule has 4 aromatic rings. The number of ether oxygens (including phenoxy) is 3. The van der Waals surface area contributed by atoms with Crippen molar-refractivity contribution in [2.75, 3.05) is 51.2 Å². The molecule has 9 nitrogen and oxygen atoms in total. The molecule has 1 fully saturated rings. The lowest BCUT2D eigenvalue weighted by Crippen LogP contribution is -2.36. The van der Waals surface area contributed by atoms with E-state index in [-0.39, 0.29) is 23.0 Å². The Labute approximate surface area is 276 Å². The molecule has 0 unspecified atom stereocenters. The monoisotopic (exact) mass is 658 g/mol. The van der Waals surface area contributed by atoms with Crippen molar-refractivity contribution in [3.05, 3.63) is 83.4 Å². The molecule has 1 N–H and O–H groups in total. The summed E-state index contributed by atoms with van der Waals surface area (Å²) in [6, 6.07) is 21.0. The molecule has 2 aliphatic rings. The molecule has 3 heterocycles. The number of furan rings is 1. The van der Waals surface area contributed by atoms with E-state index in [0.29, 0.717) is 65.3 Å². The summed E-state index contributed by atoms with van der Waals surface area (Å²) in [5.41, 5.74) is 4.06. The summed E-state index contributed by atoms with van der Waals surface area (Å²) in [4.78, 5) is 16.0. The van der Waals surface area contributed by atoms with Gasteiger partial charge in [0.05, 0.1) is 17.3 Å². The van der Waals surface area contributed by atoms with Crippen molar-refractivity contribution in [3.8, 4) is 17.1 Å². The number of anilines is 1. The highest BCUT2D eigenvalue weighted by molar-refractivity contribution is 7.91. The standard InChI is InChI=1S/C37H42N2O7S/c1-3-15-43-18-19-45-33-10-6-28-23-34(46-35(28)24-33)27-7-11-36-30(21-27)22-29(14-20-47(36,41)42)37(40)38-31-8-4-26(5-9-31)25-39(2)32-12-16-44-17-13-32/h4-11,21-24,32H,3,12-20,25H2,1-2H3,(H,38,40). The number of sulfone groups is 1. The third-order valence-electron chi connectivity index (χ3n) is 8.69. The van der Waals surface area contributed by atoms with E-state index in [1.807, 2.05) is 48.5 Å². The molecule has 6 rings (SSSR count). The first-order valence-electron chi connectivity index (χ1n) is 16.3. The van der Waals surface area contributed by atoms with Crippen LogP contribution in [0.4, 0.5) is 5.69 Å². The van der Waals surface area contributed by atoms with Crippen LogP contribution in [0.15, 0.2) is 81.6 Å². The van der Waals surface area contributed by atoms with Gasteiger partial charge in [-0.15, -0.1) is 0 Å². The van der Waals surface area contributed by atoms with Crippen LogP contribution >= 0.6 is 0 Å². The number of amides is 1. The molecule has 10 heteroatoms. The highest BCUT2D eigenvalue weighted by atomic mass is 32.2. The van der Waals surface area contributed by atoms with Gasteiger partial charge < -0.3 is 23.9 Å². The third-order valence-corrected chi connectivity index (χ3v) is 10.5. The molecule has 3 aromatic carbocycles. The van der Waals surface area contributed by atoms with Crippen LogP contribution in [-0.2, 0) is 30.7 Å². The number of nitrogens with zero attached hydrogens (tertiary/aromatic N) is 1. The SMILES string of the molecule is CCCOCCOc1ccc2cc(-c3ccc4c(c3)C=C(C(=O)Nc3ccc(CN(C)C5CCOCC5)cc3)CCS4(=O)=O)oc2c1. The summed E-state index contributed by atoms with van der Waals surface area (Å²) >= 11 is 0. The van der Waals surface area contributed by atoms with Crippen LogP contribution in [0.5, 0.6) is 5.75 Å². The minimum atomic E-state index is -3.59. The van der Waals surface area contributed by atoms with Crippen molar-refractivity contribution in [2.45, 2.75) is 50.1 Å². The van der Waals surface area contributed by atoms with Crippen molar-refractivity contribution >= 4 is 38.5 Å². The number of nitrogens with one attached hydrogen (secondary N) is 1. The van der Waals surface area contributed by atoms with E-state index in [1.54, 1.807) is 24.3 Å². The van der Waals surface area contributed by atoms with Crippen LogP contribution < -0.4 is 10.1 Å². The van der Waals surface area contributed by atoms with E-state index in [9.17, 15) is 13.2 Å². The molecule has 0 radical (unpaired) electrons. The first-order valence-corrected chi connectivity index (χ1v) is 17.9. The predicted molar refractivity (Wildman–Crippen MR) is 183 cm³/mol. The number of carbonyl (C=O) groups is 1. The Morgan fingerprint density at radius 1 is 0.979 bits per heavy atom. The molecule has 0 aliphatic carbocycles. The van der Waals surface area contributed by atoms with Gasteiger partial charge in [-0.2, -0.15) is 0 Å². The van der Waals surface area contributed by atoms with Crippen LogP contribution in [0.25, 0.3) is 28.4 Å². The number of benzene rings is 3. The number of hydrogen-bond donors (Lipinski definition) is 1. The summed E-state index contributed by atoms with van der Waals surface area (Å²) < 4.78 is 49.4. The lowest BCUT2D eigenvalue weighted by atomic mass is 10.0. The first-order chi connectivity index (χ1) is 22.8. The highest BCUT2D eigenvalue weighted by Crippen LogP contribution is 2.34. The molecule has 1 aromatic heterocycles. The van der Waals surface area contributed by atoms with Gasteiger partial charge in [0, 0.05) is 60.7 Å². The van der Waals surface area contributed by atoms with E-state index < -0.39 is 9.84 Å². The number of fused-ring (bicyclic) bond motifs is 2. The van der Waals surface area contributed by atoms with E-state index in [2.05, 4.69) is 24.2 Å². The quantitative estimate of drug-likeness (QED) is 0.167. The molecule has 0 saturated carbocycles. The smallest absolute Gasteiger partial charge is 0.251 e. The van der Waals surface area contributed by atoms with Gasteiger partial charge in [-0.3, -0.25) is 9.69 Å². The Bertz CT molecular complexity index is 1840. The van der Waals surface area contributed by atoms with Gasteiger partial charge in [-0.1, -0.05) is 19.1 Å². The lowest BCUT2D eigenvalue weighted by molar-refractivity contribution is -0.112. The van der Waals surface area contributed by atoms with Gasteiger partial charge in [0.1, 0.15) is 23.7 Å². The zero-order chi connectivity index (χ0) is 32.8. The van der Waals surface area contributed by atoms with E-state index in [1.165, 1.54) is 0 Å². The zero-order valence-electron chi connectivity index (χ0n) is 27.0. The van der Waals surface area contributed by atoms with E-state index in [0.717, 1.165) is 50.0 Å². The maximum Gasteiger partial charge on any atom is 0.251 e. The van der Waals surface area contributed by atoms with Gasteiger partial charge >= 0.3 is 0 Å². The van der Waals surface area contributed by atoms with Gasteiger partial charge in [0.25, 0.3) is 5.91 Å². The topological polar surface area (TPSA) is 107 Å². The second-order valence-corrected chi connectivity index (χ2v) is 14.2. The summed E-state index contributed by atoms with van der Waals surface area (Å²) in [5, 5.41) is 3.86. The van der Waals surface area contributed by atoms with Crippen LogP contribution in [0, 0.1) is 0 Å². The molecule has 0 spiro atoms. The zero-order valence-corrected chi connectivity index (χ0v) is 27.8. The van der Waals surface area contributed by atoms with Crippen molar-refractivity contribution in [2.24, 2.45) is 0 Å². The van der Waals surface area contributed by atoms with Crippen molar-refractivity contribution in [1.29, 1.82) is 0 Å². The fraction of sp³-hybridized carbons (Fsp3) is 0.378. The Hall–Kier alpha value is -3.96. The molecule has 2 aliphatic heterocycles. The second kappa shape index (κ2) is 14.9. The molecule has 0 bridgehead atoms. The Morgan fingerprint density at radius 3 is 2.57 bits per heavy atom. The van der Waals surface area contributed by atoms with Crippen molar-refractivity contribution < 1.29 is 31.8 Å². The summed E-state index contributed by atoms with van der Waals surface area (Å²) in [5.74, 6) is 0.811. The van der Waals surface area contributed by atoms with Gasteiger partial charge in [-0.25, -0.2) is 8.42 Å². The largest absolute Gasteiger partial charge is 0.491 e. The van der Waals surface area contributed by atoms with Gasteiger partial charge in [0.15, 0.2) is 9.84 Å². The maximum atomic E-state index is 13.4. The number of hydrogen-bond acceptors (Lipinski definition) is 8. The summed E-state index contributed by atoms with van der Waals surface area (Å²) in [6.07, 6.45) is 4.83. The van der Waals surface area contributed by atoms with E-state index >= 15 is 0 Å². The van der Waals surface area contributed by atoms with Crippen molar-refractivity contribution in [1.82, 2.24) is 4.90 Å². The summed E-state index contributed by atoms with van der Waals surface area (Å²) in [6.45, 7) is 6.15. The fourth-order valence-corrected chi connectivity index (χ4v) is 7.51. The average Bonchev–Trinajstić information content (AvgIpc) is 3.45. The van der Waals surface area contributed by atoms with Crippen LogP contribution in [0.2, 0.25) is 0 Å². The summed E-state index contributed by atoms with van der Waals surface area (Å²) in [7, 11) is -1.46. The fourth-order valence-electron chi connectivity index (χ4n) is 6.05. The molecule has 47 heavy (non-hydrogen) atoms. The normalized spacial score (nSPS) is 16.4. The Kier molecular flexibility index (Phi) is 10.4. The number of carbonyl (C=O) groups excluding carboxylic acids is 1. The molecule has 248 valence electrons. The molecule has 0 atom stereocenters. The lowest BCUT2D eigenvalue weighted by Gasteiger charge is -2.31. The predicted octanol–water partition coefficient (Wildman–Crippen LogP) is 6.72. The number of rotatable bonds is 12. The second-order valence-electron chi connectivity index (χ2n) is 12.2. The van der Waals surface area contributed by atoms with Crippen LogP contribution in [0.3, 0.4) is 0 Å². The average molecular weight is 659 g/mol. The minimum absolute atomic E-state index is 0.114. The Balaban J connectivity index is 1.16. The third kappa shape index (κ3) is 8.13. The molecule has 1 saturated heterocycles. The molecular weight excluding hydrogens is 616 g/mol. The maximum absolute atomic E-state index is 13.4. The van der Waals surface area contributed by atoms with Gasteiger partial charge in [0.2, 0.25) is 0 Å². The van der Waals surface area contributed by atoms with E-state index in [4.69, 9.17) is 18.6 Å².